The molecule has 0 aliphatic carbocycles. The Hall–Kier alpha value is -3.12. The Labute approximate surface area is 180 Å². The molecule has 0 fully saturated rings. The van der Waals surface area contributed by atoms with E-state index in [4.69, 9.17) is 11.6 Å². The average molecular weight is 423 g/mol. The summed E-state index contributed by atoms with van der Waals surface area (Å²) in [7, 11) is 1.84. The molecule has 2 aromatic carbocycles. The molecule has 154 valence electrons. The SMILES string of the molecule is Cc1cccc(CNC(=O)c2nn(C)c3c2CN(C(=O)c2cccc(Cl)c2)CC3)c1. The van der Waals surface area contributed by atoms with E-state index in [0.29, 0.717) is 42.3 Å². The first kappa shape index (κ1) is 20.2. The van der Waals surface area contributed by atoms with Crippen LogP contribution in [0.15, 0.2) is 48.5 Å². The van der Waals surface area contributed by atoms with Crippen molar-refractivity contribution in [1.82, 2.24) is 20.0 Å². The second-order valence-electron chi connectivity index (χ2n) is 7.56. The summed E-state index contributed by atoms with van der Waals surface area (Å²) in [6.45, 7) is 3.37. The van der Waals surface area contributed by atoms with Crippen LogP contribution >= 0.6 is 11.6 Å². The fourth-order valence-electron chi connectivity index (χ4n) is 3.84. The highest BCUT2D eigenvalue weighted by Crippen LogP contribution is 2.24. The molecular formula is C23H23ClN4O2. The maximum absolute atomic E-state index is 12.9. The number of aryl methyl sites for hydroxylation is 2. The third-order valence-electron chi connectivity index (χ3n) is 5.35. The Balaban J connectivity index is 1.52. The van der Waals surface area contributed by atoms with Gasteiger partial charge in [0.2, 0.25) is 0 Å². The first-order chi connectivity index (χ1) is 14.4. The van der Waals surface area contributed by atoms with E-state index in [-0.39, 0.29) is 11.8 Å². The molecule has 7 heteroatoms. The molecule has 4 rings (SSSR count). The van der Waals surface area contributed by atoms with E-state index < -0.39 is 0 Å². The number of fused-ring (bicyclic) bond motifs is 1. The summed E-state index contributed by atoms with van der Waals surface area (Å²) in [5.41, 5.74) is 4.90. The highest BCUT2D eigenvalue weighted by molar-refractivity contribution is 6.30. The minimum Gasteiger partial charge on any atom is -0.347 e. The fourth-order valence-corrected chi connectivity index (χ4v) is 4.03. The van der Waals surface area contributed by atoms with Crippen LogP contribution in [-0.4, -0.2) is 33.0 Å². The zero-order valence-corrected chi connectivity index (χ0v) is 17.7. The molecular weight excluding hydrogens is 400 g/mol. The maximum atomic E-state index is 12.9. The molecule has 1 aliphatic heterocycles. The summed E-state index contributed by atoms with van der Waals surface area (Å²) in [5, 5.41) is 7.93. The third-order valence-corrected chi connectivity index (χ3v) is 5.59. The number of benzene rings is 2. The van der Waals surface area contributed by atoms with Crippen molar-refractivity contribution in [2.75, 3.05) is 6.54 Å². The minimum absolute atomic E-state index is 0.0990. The zero-order chi connectivity index (χ0) is 21.3. The molecule has 30 heavy (non-hydrogen) atoms. The number of carbonyl (C=O) groups is 2. The van der Waals surface area contributed by atoms with Crippen molar-refractivity contribution in [2.45, 2.75) is 26.4 Å². The Kier molecular flexibility index (Phi) is 5.59. The largest absolute Gasteiger partial charge is 0.347 e. The molecule has 0 saturated heterocycles. The first-order valence-electron chi connectivity index (χ1n) is 9.85. The van der Waals surface area contributed by atoms with Crippen molar-refractivity contribution in [1.29, 1.82) is 0 Å². The van der Waals surface area contributed by atoms with Gasteiger partial charge in [0.1, 0.15) is 0 Å². The van der Waals surface area contributed by atoms with Gasteiger partial charge >= 0.3 is 0 Å². The van der Waals surface area contributed by atoms with Gasteiger partial charge in [-0.15, -0.1) is 0 Å². The van der Waals surface area contributed by atoms with Gasteiger partial charge in [-0.05, 0) is 30.7 Å². The lowest BCUT2D eigenvalue weighted by atomic mass is 10.0. The molecule has 1 N–H and O–H groups in total. The van der Waals surface area contributed by atoms with Crippen LogP contribution in [0.3, 0.4) is 0 Å². The molecule has 0 spiro atoms. The number of carbonyl (C=O) groups excluding carboxylic acids is 2. The van der Waals surface area contributed by atoms with Crippen molar-refractivity contribution in [3.8, 4) is 0 Å². The van der Waals surface area contributed by atoms with E-state index in [1.54, 1.807) is 33.8 Å². The van der Waals surface area contributed by atoms with Crippen LogP contribution in [0.1, 0.15) is 43.2 Å². The molecule has 3 aromatic rings. The monoisotopic (exact) mass is 422 g/mol. The van der Waals surface area contributed by atoms with Crippen molar-refractivity contribution in [2.24, 2.45) is 7.05 Å². The smallest absolute Gasteiger partial charge is 0.272 e. The van der Waals surface area contributed by atoms with Gasteiger partial charge in [-0.25, -0.2) is 0 Å². The van der Waals surface area contributed by atoms with Gasteiger partial charge in [0.05, 0.1) is 6.54 Å². The zero-order valence-electron chi connectivity index (χ0n) is 17.0. The molecule has 0 unspecified atom stereocenters. The Morgan fingerprint density at radius 1 is 1.17 bits per heavy atom. The van der Waals surface area contributed by atoms with E-state index in [2.05, 4.69) is 10.4 Å². The van der Waals surface area contributed by atoms with Crippen LogP contribution in [0.5, 0.6) is 0 Å². The highest BCUT2D eigenvalue weighted by atomic mass is 35.5. The molecule has 6 nitrogen and oxygen atoms in total. The van der Waals surface area contributed by atoms with Gasteiger partial charge in [0.15, 0.2) is 5.69 Å². The number of amides is 2. The molecule has 0 saturated carbocycles. The lowest BCUT2D eigenvalue weighted by molar-refractivity contribution is 0.0730. The highest BCUT2D eigenvalue weighted by Gasteiger charge is 2.29. The number of nitrogens with one attached hydrogen (secondary N) is 1. The summed E-state index contributed by atoms with van der Waals surface area (Å²) in [5.74, 6) is -0.330. The van der Waals surface area contributed by atoms with E-state index in [0.717, 1.165) is 22.4 Å². The number of aromatic nitrogens is 2. The Morgan fingerprint density at radius 3 is 2.73 bits per heavy atom. The van der Waals surface area contributed by atoms with Crippen LogP contribution in [0, 0.1) is 6.92 Å². The van der Waals surface area contributed by atoms with Crippen molar-refractivity contribution < 1.29 is 9.59 Å². The summed E-state index contributed by atoms with van der Waals surface area (Å²) < 4.78 is 1.75. The van der Waals surface area contributed by atoms with Gasteiger partial charge in [-0.2, -0.15) is 5.10 Å². The number of rotatable bonds is 4. The second-order valence-corrected chi connectivity index (χ2v) is 7.99. The maximum Gasteiger partial charge on any atom is 0.272 e. The van der Waals surface area contributed by atoms with E-state index in [1.165, 1.54) is 0 Å². The van der Waals surface area contributed by atoms with Crippen molar-refractivity contribution in [3.63, 3.8) is 0 Å². The predicted octanol–water partition coefficient (Wildman–Crippen LogP) is 3.51. The average Bonchev–Trinajstić information content (AvgIpc) is 3.07. The molecule has 0 bridgehead atoms. The third kappa shape index (κ3) is 4.09. The Morgan fingerprint density at radius 2 is 1.97 bits per heavy atom. The number of hydrogen-bond donors (Lipinski definition) is 1. The quantitative estimate of drug-likeness (QED) is 0.699. The van der Waals surface area contributed by atoms with Crippen LogP contribution in [0.2, 0.25) is 5.02 Å². The van der Waals surface area contributed by atoms with E-state index in [9.17, 15) is 9.59 Å². The minimum atomic E-state index is -0.231. The lowest BCUT2D eigenvalue weighted by Gasteiger charge is -2.27. The standard InChI is InChI=1S/C23H23ClN4O2/c1-15-5-3-6-16(11-15)13-25-22(29)21-19-14-28(10-9-20(19)27(2)26-21)23(30)17-7-4-8-18(24)12-17/h3-8,11-12H,9-10,13-14H2,1-2H3,(H,25,29). The molecule has 1 aromatic heterocycles. The summed E-state index contributed by atoms with van der Waals surface area (Å²) in [6, 6.07) is 14.9. The molecule has 2 heterocycles. The normalized spacial score (nSPS) is 13.1. The van der Waals surface area contributed by atoms with Crippen LogP contribution in [0.25, 0.3) is 0 Å². The topological polar surface area (TPSA) is 67.2 Å². The van der Waals surface area contributed by atoms with Crippen molar-refractivity contribution in [3.05, 3.63) is 87.2 Å². The summed E-state index contributed by atoms with van der Waals surface area (Å²) in [6.07, 6.45) is 0.649. The number of nitrogens with zero attached hydrogens (tertiary/aromatic N) is 3. The molecule has 2 amide bonds. The van der Waals surface area contributed by atoms with Crippen LogP contribution in [0.4, 0.5) is 0 Å². The van der Waals surface area contributed by atoms with Crippen LogP contribution in [-0.2, 0) is 26.6 Å². The van der Waals surface area contributed by atoms with Crippen LogP contribution < -0.4 is 5.32 Å². The molecule has 1 aliphatic rings. The Bertz CT molecular complexity index is 1120. The summed E-state index contributed by atoms with van der Waals surface area (Å²) >= 11 is 6.04. The first-order valence-corrected chi connectivity index (χ1v) is 10.2. The molecule has 0 atom stereocenters. The predicted molar refractivity (Wildman–Crippen MR) is 115 cm³/mol. The van der Waals surface area contributed by atoms with Gasteiger partial charge in [0.25, 0.3) is 11.8 Å². The second kappa shape index (κ2) is 8.32. The fraction of sp³-hybridized carbons (Fsp3) is 0.261. The van der Waals surface area contributed by atoms with E-state index in [1.807, 2.05) is 38.2 Å². The lowest BCUT2D eigenvalue weighted by Crippen LogP contribution is -2.37. The number of halogens is 1. The van der Waals surface area contributed by atoms with E-state index >= 15 is 0 Å². The van der Waals surface area contributed by atoms with Crippen molar-refractivity contribution >= 4 is 23.4 Å². The molecule has 0 radical (unpaired) electrons. The summed E-state index contributed by atoms with van der Waals surface area (Å²) in [4.78, 5) is 27.5. The van der Waals surface area contributed by atoms with Gasteiger partial charge in [-0.3, -0.25) is 14.3 Å². The van der Waals surface area contributed by atoms with Gasteiger partial charge in [0, 0.05) is 48.4 Å². The van der Waals surface area contributed by atoms with Gasteiger partial charge in [-0.1, -0.05) is 47.5 Å². The number of hydrogen-bond acceptors (Lipinski definition) is 3. The van der Waals surface area contributed by atoms with Gasteiger partial charge < -0.3 is 10.2 Å².